The number of nitrogens with zero attached hydrogens (tertiary/aromatic N) is 4. The third-order valence-electron chi connectivity index (χ3n) is 6.70. The van der Waals surface area contributed by atoms with Crippen LogP contribution in [0.25, 0.3) is 31.6 Å². The largest absolute Gasteiger partial charge is 0.317 e. The van der Waals surface area contributed by atoms with Crippen LogP contribution in [0.2, 0.25) is 0 Å². The molecule has 2 aromatic carbocycles. The van der Waals surface area contributed by atoms with Gasteiger partial charge in [0.1, 0.15) is 5.82 Å². The SMILES string of the molecule is CC1=C(c2cc3c(F)cccc3s2)N2CCN=C2S1.CC1=C(c2cc3ccccc3s2)N2CCN=C2S1. The molecule has 0 unspecified atom stereocenters. The number of benzene rings is 2. The maximum atomic E-state index is 13.8. The van der Waals surface area contributed by atoms with E-state index in [1.54, 1.807) is 29.2 Å². The van der Waals surface area contributed by atoms with Gasteiger partial charge in [-0.15, -0.1) is 22.7 Å². The zero-order chi connectivity index (χ0) is 25.1. The van der Waals surface area contributed by atoms with Crippen molar-refractivity contribution in [2.24, 2.45) is 9.98 Å². The van der Waals surface area contributed by atoms with Gasteiger partial charge in [-0.1, -0.05) is 47.8 Å². The van der Waals surface area contributed by atoms with Gasteiger partial charge in [0.05, 0.1) is 34.2 Å². The Kier molecular flexibility index (Phi) is 5.92. The fraction of sp³-hybridized carbons (Fsp3) is 0.214. The van der Waals surface area contributed by atoms with Crippen LogP contribution in [0.5, 0.6) is 0 Å². The van der Waals surface area contributed by atoms with Gasteiger partial charge >= 0.3 is 0 Å². The summed E-state index contributed by atoms with van der Waals surface area (Å²) in [7, 11) is 0. The Bertz CT molecular complexity index is 1660. The lowest BCUT2D eigenvalue weighted by Gasteiger charge is -2.15. The summed E-state index contributed by atoms with van der Waals surface area (Å²) in [4.78, 5) is 18.8. The maximum Gasteiger partial charge on any atom is 0.168 e. The van der Waals surface area contributed by atoms with Crippen molar-refractivity contribution in [1.82, 2.24) is 9.80 Å². The van der Waals surface area contributed by atoms with Crippen LogP contribution in [0, 0.1) is 5.82 Å². The minimum Gasteiger partial charge on any atom is -0.317 e. The van der Waals surface area contributed by atoms with Gasteiger partial charge in [-0.3, -0.25) is 9.98 Å². The molecule has 9 heteroatoms. The number of halogens is 1. The van der Waals surface area contributed by atoms with E-state index < -0.39 is 0 Å². The van der Waals surface area contributed by atoms with Crippen molar-refractivity contribution in [2.45, 2.75) is 13.8 Å². The van der Waals surface area contributed by atoms with Gasteiger partial charge in [0, 0.05) is 37.7 Å². The molecular weight excluding hydrogens is 540 g/mol. The summed E-state index contributed by atoms with van der Waals surface area (Å²) in [6, 6.07) is 18.1. The molecule has 4 nitrogen and oxygen atoms in total. The van der Waals surface area contributed by atoms with Crippen LogP contribution < -0.4 is 0 Å². The zero-order valence-electron chi connectivity index (χ0n) is 20.3. The number of hydrogen-bond acceptors (Lipinski definition) is 8. The van der Waals surface area contributed by atoms with Crippen molar-refractivity contribution in [3.05, 3.63) is 80.0 Å². The molecule has 0 atom stereocenters. The zero-order valence-corrected chi connectivity index (χ0v) is 23.6. The highest BCUT2D eigenvalue weighted by molar-refractivity contribution is 8.18. The van der Waals surface area contributed by atoms with Crippen LogP contribution in [0.15, 0.2) is 74.4 Å². The number of fused-ring (bicyclic) bond motifs is 4. The Morgan fingerprint density at radius 2 is 1.32 bits per heavy atom. The molecule has 0 N–H and O–H groups in total. The second-order valence-electron chi connectivity index (χ2n) is 9.06. The van der Waals surface area contributed by atoms with Gasteiger partial charge in [0.25, 0.3) is 0 Å². The van der Waals surface area contributed by atoms with Crippen molar-refractivity contribution < 1.29 is 4.39 Å². The molecule has 0 bridgehead atoms. The monoisotopic (exact) mass is 562 g/mol. The van der Waals surface area contributed by atoms with E-state index in [1.165, 1.54) is 47.4 Å². The quantitative estimate of drug-likeness (QED) is 0.247. The van der Waals surface area contributed by atoms with Gasteiger partial charge in [0.15, 0.2) is 10.3 Å². The average molecular weight is 563 g/mol. The summed E-state index contributed by atoms with van der Waals surface area (Å²) in [6.45, 7) is 8.07. The van der Waals surface area contributed by atoms with Crippen molar-refractivity contribution >= 4 is 88.1 Å². The fourth-order valence-electron chi connectivity index (χ4n) is 5.05. The van der Waals surface area contributed by atoms with Crippen LogP contribution in [0.3, 0.4) is 0 Å². The second-order valence-corrected chi connectivity index (χ2v) is 13.6. The van der Waals surface area contributed by atoms with E-state index in [4.69, 9.17) is 0 Å². The van der Waals surface area contributed by atoms with E-state index >= 15 is 0 Å². The second kappa shape index (κ2) is 9.31. The number of hydrogen-bond donors (Lipinski definition) is 0. The molecule has 186 valence electrons. The van der Waals surface area contributed by atoms with Crippen LogP contribution in [-0.4, -0.2) is 46.3 Å². The topological polar surface area (TPSA) is 31.2 Å². The molecule has 4 aliphatic rings. The summed E-state index contributed by atoms with van der Waals surface area (Å²) in [5.74, 6) is -0.140. The predicted octanol–water partition coefficient (Wildman–Crippen LogP) is 8.16. The minimum absolute atomic E-state index is 0.140. The molecular formula is C28H23FN4S4. The molecule has 2 aromatic heterocycles. The number of thiophene rings is 2. The Labute approximate surface area is 231 Å². The summed E-state index contributed by atoms with van der Waals surface area (Å²) in [5.41, 5.74) is 2.58. The Morgan fingerprint density at radius 1 is 0.730 bits per heavy atom. The van der Waals surface area contributed by atoms with E-state index in [-0.39, 0.29) is 5.82 Å². The third kappa shape index (κ3) is 4.03. The molecule has 0 radical (unpaired) electrons. The molecule has 0 amide bonds. The van der Waals surface area contributed by atoms with E-state index in [2.05, 4.69) is 64.0 Å². The van der Waals surface area contributed by atoms with Gasteiger partial charge in [0.2, 0.25) is 0 Å². The summed E-state index contributed by atoms with van der Waals surface area (Å²) >= 11 is 7.07. The van der Waals surface area contributed by atoms with Crippen molar-refractivity contribution in [3.8, 4) is 0 Å². The Balaban J connectivity index is 0.000000125. The predicted molar refractivity (Wildman–Crippen MR) is 162 cm³/mol. The first-order valence-corrected chi connectivity index (χ1v) is 15.4. The Hall–Kier alpha value is -2.59. The normalized spacial score (nSPS) is 18.6. The molecule has 6 heterocycles. The van der Waals surface area contributed by atoms with Crippen LogP contribution >= 0.6 is 46.2 Å². The molecule has 0 aliphatic carbocycles. The molecule has 4 aliphatic heterocycles. The lowest BCUT2D eigenvalue weighted by molar-refractivity contribution is 0.639. The Morgan fingerprint density at radius 3 is 1.97 bits per heavy atom. The van der Waals surface area contributed by atoms with Gasteiger partial charge in [-0.2, -0.15) is 0 Å². The number of rotatable bonds is 2. The van der Waals surface area contributed by atoms with E-state index in [0.29, 0.717) is 0 Å². The molecule has 0 fully saturated rings. The average Bonchev–Trinajstić information content (AvgIpc) is 3.69. The fourth-order valence-corrected chi connectivity index (χ4v) is 9.62. The van der Waals surface area contributed by atoms with Gasteiger partial charge < -0.3 is 9.80 Å². The van der Waals surface area contributed by atoms with Gasteiger partial charge in [-0.05, 0) is 49.6 Å². The standard InChI is InChI=1S/C14H11FN2S2.C14H12N2S2/c1-8-13(17-6-5-16-14(17)18-8)12-7-9-10(15)3-2-4-11(9)19-12;1-9-13(16-7-6-15-14(16)17-9)12-8-10-4-2-3-5-11(10)18-12/h2-4,7H,5-6H2,1H3;2-5,8H,6-7H2,1H3. The first-order chi connectivity index (χ1) is 18.1. The van der Waals surface area contributed by atoms with E-state index in [0.717, 1.165) is 46.3 Å². The number of amidine groups is 2. The van der Waals surface area contributed by atoms with Crippen LogP contribution in [0.1, 0.15) is 23.6 Å². The van der Waals surface area contributed by atoms with Crippen LogP contribution in [-0.2, 0) is 0 Å². The lowest BCUT2D eigenvalue weighted by Crippen LogP contribution is -2.19. The lowest BCUT2D eigenvalue weighted by atomic mass is 10.2. The van der Waals surface area contributed by atoms with E-state index in [9.17, 15) is 4.39 Å². The van der Waals surface area contributed by atoms with Crippen LogP contribution in [0.4, 0.5) is 4.39 Å². The third-order valence-corrected chi connectivity index (χ3v) is 11.0. The molecule has 0 saturated heterocycles. The molecule has 0 spiro atoms. The maximum absolute atomic E-state index is 13.8. The summed E-state index contributed by atoms with van der Waals surface area (Å²) in [6.07, 6.45) is 0. The number of thioether (sulfide) groups is 2. The van der Waals surface area contributed by atoms with Crippen molar-refractivity contribution in [2.75, 3.05) is 26.2 Å². The molecule has 4 aromatic rings. The number of aliphatic imine (C=N–C) groups is 2. The highest BCUT2D eigenvalue weighted by atomic mass is 32.2. The molecule has 0 saturated carbocycles. The highest BCUT2D eigenvalue weighted by Crippen LogP contribution is 2.45. The first kappa shape index (κ1) is 23.5. The first-order valence-electron chi connectivity index (χ1n) is 12.2. The smallest absolute Gasteiger partial charge is 0.168 e. The highest BCUT2D eigenvalue weighted by Gasteiger charge is 2.33. The minimum atomic E-state index is -0.140. The summed E-state index contributed by atoms with van der Waals surface area (Å²) < 4.78 is 16.2. The van der Waals surface area contributed by atoms with Gasteiger partial charge in [-0.25, -0.2) is 4.39 Å². The van der Waals surface area contributed by atoms with Crippen molar-refractivity contribution in [1.29, 1.82) is 0 Å². The molecule has 37 heavy (non-hydrogen) atoms. The summed E-state index contributed by atoms with van der Waals surface area (Å²) in [5, 5.41) is 4.33. The number of allylic oxidation sites excluding steroid dienone is 2. The van der Waals surface area contributed by atoms with E-state index in [1.807, 2.05) is 35.2 Å². The molecule has 8 rings (SSSR count). The van der Waals surface area contributed by atoms with Crippen molar-refractivity contribution in [3.63, 3.8) is 0 Å².